The zero-order chi connectivity index (χ0) is 16.7. The number of carbonyl (C=O) groups excluding carboxylic acids is 2. The van der Waals surface area contributed by atoms with E-state index in [0.717, 1.165) is 37.0 Å². The van der Waals surface area contributed by atoms with Crippen LogP contribution in [0, 0.1) is 0 Å². The summed E-state index contributed by atoms with van der Waals surface area (Å²) in [5.74, 6) is 1.14. The number of rotatable bonds is 7. The average Bonchev–Trinajstić information content (AvgIpc) is 3.01. The van der Waals surface area contributed by atoms with Crippen molar-refractivity contribution in [1.29, 1.82) is 0 Å². The summed E-state index contributed by atoms with van der Waals surface area (Å²) in [4.78, 5) is 24.2. The van der Waals surface area contributed by atoms with Crippen molar-refractivity contribution >= 4 is 23.6 Å². The maximum absolute atomic E-state index is 12.3. The fourth-order valence-corrected chi connectivity index (χ4v) is 3.81. The molecule has 23 heavy (non-hydrogen) atoms. The molecule has 0 aliphatic carbocycles. The van der Waals surface area contributed by atoms with Crippen molar-refractivity contribution in [3.63, 3.8) is 0 Å². The van der Waals surface area contributed by atoms with Gasteiger partial charge in [-0.3, -0.25) is 9.59 Å². The molecule has 0 bridgehead atoms. The third-order valence-corrected chi connectivity index (χ3v) is 5.70. The topological polar surface area (TPSA) is 58.2 Å². The van der Waals surface area contributed by atoms with Crippen LogP contribution >= 0.6 is 11.8 Å². The molecule has 1 saturated heterocycles. The average molecular weight is 334 g/mol. The van der Waals surface area contributed by atoms with Gasteiger partial charge in [0.25, 0.3) is 5.91 Å². The lowest BCUT2D eigenvalue weighted by atomic mass is 10.0. The van der Waals surface area contributed by atoms with E-state index in [-0.39, 0.29) is 16.6 Å². The second-order valence-electron chi connectivity index (χ2n) is 6.17. The normalized spacial score (nSPS) is 20.3. The van der Waals surface area contributed by atoms with Gasteiger partial charge in [0.2, 0.25) is 5.91 Å². The fraction of sp³-hybridized carbons (Fsp3) is 0.556. The van der Waals surface area contributed by atoms with Crippen LogP contribution in [0.2, 0.25) is 0 Å². The first kappa shape index (κ1) is 17.9. The van der Waals surface area contributed by atoms with Gasteiger partial charge in [-0.1, -0.05) is 25.5 Å². The van der Waals surface area contributed by atoms with Gasteiger partial charge in [-0.15, -0.1) is 11.8 Å². The number of nitrogens with one attached hydrogen (secondary N) is 2. The monoisotopic (exact) mass is 334 g/mol. The molecule has 0 unspecified atom stereocenters. The Balaban J connectivity index is 1.83. The van der Waals surface area contributed by atoms with Crippen molar-refractivity contribution in [1.82, 2.24) is 10.6 Å². The standard InChI is InChI=1S/C18H26N2O2S/c1-3-4-11-19-16(21)15-8-6-14(7-9-15)13-20-17(22)18(2)10-5-12-23-18/h6-9H,3-5,10-13H2,1-2H3,(H,19,21)(H,20,22)/t18-/m0/s1. The lowest BCUT2D eigenvalue weighted by Crippen LogP contribution is -2.39. The Morgan fingerprint density at radius 2 is 1.96 bits per heavy atom. The van der Waals surface area contributed by atoms with E-state index in [1.807, 2.05) is 31.2 Å². The zero-order valence-electron chi connectivity index (χ0n) is 14.0. The third kappa shape index (κ3) is 4.99. The highest BCUT2D eigenvalue weighted by atomic mass is 32.2. The summed E-state index contributed by atoms with van der Waals surface area (Å²) >= 11 is 1.74. The molecule has 0 aromatic heterocycles. The summed E-state index contributed by atoms with van der Waals surface area (Å²) in [6, 6.07) is 7.43. The molecular weight excluding hydrogens is 308 g/mol. The largest absolute Gasteiger partial charge is 0.352 e. The third-order valence-electron chi connectivity index (χ3n) is 4.18. The summed E-state index contributed by atoms with van der Waals surface area (Å²) in [6.45, 7) is 5.33. The number of hydrogen-bond donors (Lipinski definition) is 2. The number of unbranched alkanes of at least 4 members (excludes halogenated alkanes) is 1. The lowest BCUT2D eigenvalue weighted by molar-refractivity contribution is -0.123. The van der Waals surface area contributed by atoms with E-state index >= 15 is 0 Å². The number of thioether (sulfide) groups is 1. The Kier molecular flexibility index (Phi) is 6.51. The molecule has 1 atom stereocenters. The molecule has 1 fully saturated rings. The summed E-state index contributed by atoms with van der Waals surface area (Å²) < 4.78 is -0.279. The molecule has 1 aromatic carbocycles. The van der Waals surface area contributed by atoms with E-state index in [1.54, 1.807) is 11.8 Å². The Morgan fingerprint density at radius 1 is 1.22 bits per heavy atom. The van der Waals surface area contributed by atoms with Gasteiger partial charge in [-0.2, -0.15) is 0 Å². The van der Waals surface area contributed by atoms with Crippen LogP contribution in [0.25, 0.3) is 0 Å². The second-order valence-corrected chi connectivity index (χ2v) is 7.77. The minimum absolute atomic E-state index is 0.0381. The molecule has 1 heterocycles. The van der Waals surface area contributed by atoms with E-state index < -0.39 is 0 Å². The summed E-state index contributed by atoms with van der Waals surface area (Å²) in [5.41, 5.74) is 1.67. The van der Waals surface area contributed by atoms with E-state index in [2.05, 4.69) is 17.6 Å². The SMILES string of the molecule is CCCCNC(=O)c1ccc(CNC(=O)[C@]2(C)CCCS2)cc1. The molecular formula is C18H26N2O2S. The van der Waals surface area contributed by atoms with E-state index in [4.69, 9.17) is 0 Å². The van der Waals surface area contributed by atoms with Gasteiger partial charge < -0.3 is 10.6 Å². The fourth-order valence-electron chi connectivity index (χ4n) is 2.58. The van der Waals surface area contributed by atoms with Crippen molar-refractivity contribution in [2.24, 2.45) is 0 Å². The molecule has 2 amide bonds. The van der Waals surface area contributed by atoms with Crippen LogP contribution in [0.5, 0.6) is 0 Å². The second kappa shape index (κ2) is 8.39. The number of hydrogen-bond acceptors (Lipinski definition) is 3. The molecule has 2 N–H and O–H groups in total. The van der Waals surface area contributed by atoms with Gasteiger partial charge in [-0.05, 0) is 49.6 Å². The molecule has 0 saturated carbocycles. The maximum atomic E-state index is 12.3. The van der Waals surface area contributed by atoms with Gasteiger partial charge in [-0.25, -0.2) is 0 Å². The van der Waals surface area contributed by atoms with Crippen LogP contribution in [0.15, 0.2) is 24.3 Å². The van der Waals surface area contributed by atoms with Crippen LogP contribution in [-0.4, -0.2) is 28.9 Å². The highest BCUT2D eigenvalue weighted by molar-refractivity contribution is 8.01. The Bertz CT molecular complexity index is 536. The van der Waals surface area contributed by atoms with Crippen molar-refractivity contribution < 1.29 is 9.59 Å². The van der Waals surface area contributed by atoms with Crippen molar-refractivity contribution in [3.8, 4) is 0 Å². The first-order valence-electron chi connectivity index (χ1n) is 8.34. The Morgan fingerprint density at radius 3 is 2.57 bits per heavy atom. The van der Waals surface area contributed by atoms with Crippen LogP contribution in [0.1, 0.15) is 55.5 Å². The highest BCUT2D eigenvalue weighted by Crippen LogP contribution is 2.37. The summed E-state index contributed by atoms with van der Waals surface area (Å²) in [6.07, 6.45) is 4.11. The molecule has 4 nitrogen and oxygen atoms in total. The van der Waals surface area contributed by atoms with E-state index in [0.29, 0.717) is 18.7 Å². The van der Waals surface area contributed by atoms with Gasteiger partial charge >= 0.3 is 0 Å². The van der Waals surface area contributed by atoms with Crippen LogP contribution < -0.4 is 10.6 Å². The minimum atomic E-state index is -0.279. The minimum Gasteiger partial charge on any atom is -0.352 e. The van der Waals surface area contributed by atoms with E-state index in [9.17, 15) is 9.59 Å². The molecule has 0 spiro atoms. The van der Waals surface area contributed by atoms with Crippen LogP contribution in [-0.2, 0) is 11.3 Å². The van der Waals surface area contributed by atoms with Gasteiger partial charge in [0.15, 0.2) is 0 Å². The van der Waals surface area contributed by atoms with Crippen molar-refractivity contribution in [2.45, 2.75) is 50.8 Å². The van der Waals surface area contributed by atoms with Crippen LogP contribution in [0.4, 0.5) is 0 Å². The molecule has 5 heteroatoms. The number of carbonyl (C=O) groups is 2. The quantitative estimate of drug-likeness (QED) is 0.753. The molecule has 1 aliphatic heterocycles. The molecule has 2 rings (SSSR count). The highest BCUT2D eigenvalue weighted by Gasteiger charge is 2.36. The molecule has 0 radical (unpaired) electrons. The summed E-state index contributed by atoms with van der Waals surface area (Å²) in [7, 11) is 0. The smallest absolute Gasteiger partial charge is 0.251 e. The zero-order valence-corrected chi connectivity index (χ0v) is 14.8. The number of amides is 2. The van der Waals surface area contributed by atoms with Crippen molar-refractivity contribution in [3.05, 3.63) is 35.4 Å². The Hall–Kier alpha value is -1.49. The first-order valence-corrected chi connectivity index (χ1v) is 9.33. The predicted molar refractivity (Wildman–Crippen MR) is 95.6 cm³/mol. The molecule has 1 aliphatic rings. The predicted octanol–water partition coefficient (Wildman–Crippen LogP) is 3.12. The van der Waals surface area contributed by atoms with Crippen LogP contribution in [0.3, 0.4) is 0 Å². The maximum Gasteiger partial charge on any atom is 0.251 e. The van der Waals surface area contributed by atoms with Crippen molar-refractivity contribution in [2.75, 3.05) is 12.3 Å². The van der Waals surface area contributed by atoms with E-state index in [1.165, 1.54) is 0 Å². The first-order chi connectivity index (χ1) is 11.0. The molecule has 1 aromatic rings. The summed E-state index contributed by atoms with van der Waals surface area (Å²) in [5, 5.41) is 5.91. The molecule has 126 valence electrons. The van der Waals surface area contributed by atoms with Gasteiger partial charge in [0, 0.05) is 18.7 Å². The lowest BCUT2D eigenvalue weighted by Gasteiger charge is -2.21. The van der Waals surface area contributed by atoms with Gasteiger partial charge in [0.1, 0.15) is 0 Å². The van der Waals surface area contributed by atoms with Gasteiger partial charge in [0.05, 0.1) is 4.75 Å². The number of benzene rings is 1. The Labute approximate surface area is 142 Å².